The molecule has 0 spiro atoms. The van der Waals surface area contributed by atoms with Gasteiger partial charge in [0.2, 0.25) is 0 Å². The SMILES string of the molecule is CCCCCn1ccc2cc(-c3nc(C)c(C(F)(F)F)c(N)n3)c(F)cc2c1=O.Nc1cn[nH]c(=O)c1C(F)(F)F. The van der Waals surface area contributed by atoms with Crippen molar-refractivity contribution in [3.8, 4) is 11.4 Å². The summed E-state index contributed by atoms with van der Waals surface area (Å²) in [5, 5.41) is 5.36. The molecule has 0 fully saturated rings. The number of hydrogen-bond acceptors (Lipinski definition) is 7. The van der Waals surface area contributed by atoms with Gasteiger partial charge < -0.3 is 16.0 Å². The van der Waals surface area contributed by atoms with Crippen molar-refractivity contribution in [3.63, 3.8) is 0 Å². The number of aryl methyl sites for hydroxylation is 2. The quantitative estimate of drug-likeness (QED) is 0.218. The first-order valence-corrected chi connectivity index (χ1v) is 12.0. The van der Waals surface area contributed by atoms with E-state index in [1.165, 1.54) is 10.6 Å². The number of nitrogens with one attached hydrogen (secondary N) is 1. The highest BCUT2D eigenvalue weighted by atomic mass is 19.4. The van der Waals surface area contributed by atoms with Gasteiger partial charge in [-0.1, -0.05) is 19.8 Å². The summed E-state index contributed by atoms with van der Waals surface area (Å²) in [6.45, 7) is 3.72. The van der Waals surface area contributed by atoms with E-state index < -0.39 is 52.1 Å². The number of benzene rings is 1. The normalized spacial score (nSPS) is 11.8. The van der Waals surface area contributed by atoms with Crippen LogP contribution in [0.25, 0.3) is 22.2 Å². The summed E-state index contributed by atoms with van der Waals surface area (Å²) in [4.78, 5) is 30.6. The molecule has 41 heavy (non-hydrogen) atoms. The third kappa shape index (κ3) is 6.99. The molecule has 0 atom stereocenters. The third-order valence-corrected chi connectivity index (χ3v) is 5.88. The fourth-order valence-corrected chi connectivity index (χ4v) is 3.96. The van der Waals surface area contributed by atoms with Gasteiger partial charge in [0.05, 0.1) is 28.5 Å². The number of anilines is 2. The molecule has 0 unspecified atom stereocenters. The van der Waals surface area contributed by atoms with Crippen LogP contribution in [0.1, 0.15) is 43.0 Å². The summed E-state index contributed by atoms with van der Waals surface area (Å²) in [6.07, 6.45) is -4.27. The van der Waals surface area contributed by atoms with E-state index >= 15 is 0 Å². The Morgan fingerprint density at radius 1 is 0.976 bits per heavy atom. The Morgan fingerprint density at radius 3 is 2.17 bits per heavy atom. The Bertz CT molecular complexity index is 1660. The van der Waals surface area contributed by atoms with Crippen molar-refractivity contribution < 1.29 is 30.7 Å². The van der Waals surface area contributed by atoms with E-state index in [1.807, 2.05) is 0 Å². The number of nitrogens with zero attached hydrogens (tertiary/aromatic N) is 4. The number of aromatic amines is 1. The number of unbranched alkanes of at least 4 members (excludes halogenated alkanes) is 2. The average Bonchev–Trinajstić information content (AvgIpc) is 2.84. The molecule has 0 saturated carbocycles. The first kappa shape index (κ1) is 31.0. The molecule has 3 heterocycles. The zero-order valence-corrected chi connectivity index (χ0v) is 21.6. The van der Waals surface area contributed by atoms with Crippen molar-refractivity contribution in [1.82, 2.24) is 24.7 Å². The van der Waals surface area contributed by atoms with Gasteiger partial charge in [-0.2, -0.15) is 31.4 Å². The molecule has 0 aliphatic heterocycles. The van der Waals surface area contributed by atoms with Gasteiger partial charge in [0, 0.05) is 12.7 Å². The number of pyridine rings is 1. The minimum atomic E-state index is -4.74. The highest BCUT2D eigenvalue weighted by molar-refractivity contribution is 5.86. The molecule has 9 nitrogen and oxygen atoms in total. The molecule has 0 aliphatic carbocycles. The highest BCUT2D eigenvalue weighted by Crippen LogP contribution is 2.36. The van der Waals surface area contributed by atoms with Crippen LogP contribution in [0.2, 0.25) is 0 Å². The molecule has 5 N–H and O–H groups in total. The van der Waals surface area contributed by atoms with Gasteiger partial charge in [-0.05, 0) is 36.9 Å². The molecule has 0 amide bonds. The maximum atomic E-state index is 14.7. The van der Waals surface area contributed by atoms with E-state index in [0.717, 1.165) is 38.4 Å². The maximum absolute atomic E-state index is 14.7. The zero-order valence-electron chi connectivity index (χ0n) is 21.6. The smallest absolute Gasteiger partial charge is 0.397 e. The number of alkyl halides is 6. The number of nitrogen functional groups attached to an aromatic ring is 2. The van der Waals surface area contributed by atoms with Crippen LogP contribution in [-0.4, -0.2) is 24.7 Å². The Labute approximate surface area is 227 Å². The molecule has 0 bridgehead atoms. The van der Waals surface area contributed by atoms with Crippen LogP contribution in [0.15, 0.2) is 40.2 Å². The zero-order chi connectivity index (χ0) is 30.7. The van der Waals surface area contributed by atoms with E-state index in [2.05, 4.69) is 22.0 Å². The fraction of sp³-hybridized carbons (Fsp3) is 0.320. The predicted octanol–water partition coefficient (Wildman–Crippen LogP) is 5.07. The highest BCUT2D eigenvalue weighted by Gasteiger charge is 2.37. The van der Waals surface area contributed by atoms with Crippen molar-refractivity contribution in [2.24, 2.45) is 0 Å². The molecular weight excluding hydrogens is 563 g/mol. The molecule has 4 rings (SSSR count). The van der Waals surface area contributed by atoms with Gasteiger partial charge in [-0.3, -0.25) is 9.59 Å². The van der Waals surface area contributed by atoms with E-state index in [4.69, 9.17) is 11.5 Å². The van der Waals surface area contributed by atoms with Gasteiger partial charge in [-0.15, -0.1) is 0 Å². The van der Waals surface area contributed by atoms with Gasteiger partial charge in [-0.25, -0.2) is 19.5 Å². The maximum Gasteiger partial charge on any atom is 0.423 e. The number of rotatable bonds is 5. The summed E-state index contributed by atoms with van der Waals surface area (Å²) >= 11 is 0. The van der Waals surface area contributed by atoms with E-state index in [-0.39, 0.29) is 22.3 Å². The number of H-pyrrole nitrogens is 1. The summed E-state index contributed by atoms with van der Waals surface area (Å²) < 4.78 is 91.4. The summed E-state index contributed by atoms with van der Waals surface area (Å²) in [6, 6.07) is 4.08. The van der Waals surface area contributed by atoms with Crippen molar-refractivity contribution in [2.45, 2.75) is 52.0 Å². The monoisotopic (exact) mass is 587 g/mol. The lowest BCUT2D eigenvalue weighted by Crippen LogP contribution is -2.24. The van der Waals surface area contributed by atoms with E-state index in [1.54, 1.807) is 17.4 Å². The summed E-state index contributed by atoms with van der Waals surface area (Å²) in [5.41, 5.74) is 4.97. The van der Waals surface area contributed by atoms with Crippen molar-refractivity contribution >= 4 is 22.3 Å². The van der Waals surface area contributed by atoms with Gasteiger partial charge in [0.25, 0.3) is 11.1 Å². The Balaban J connectivity index is 0.000000322. The molecule has 220 valence electrons. The van der Waals surface area contributed by atoms with Crippen LogP contribution in [0, 0.1) is 12.7 Å². The second-order valence-corrected chi connectivity index (χ2v) is 8.86. The van der Waals surface area contributed by atoms with Crippen molar-refractivity contribution in [3.05, 3.63) is 73.9 Å². The second kappa shape index (κ2) is 11.9. The molecule has 0 saturated heterocycles. The minimum absolute atomic E-state index is 0.121. The molecule has 4 aromatic rings. The van der Waals surface area contributed by atoms with Crippen molar-refractivity contribution in [1.29, 1.82) is 0 Å². The predicted molar refractivity (Wildman–Crippen MR) is 137 cm³/mol. The van der Waals surface area contributed by atoms with Gasteiger partial charge in [0.15, 0.2) is 5.82 Å². The molecule has 3 aromatic heterocycles. The summed E-state index contributed by atoms with van der Waals surface area (Å²) in [7, 11) is 0. The van der Waals surface area contributed by atoms with Gasteiger partial charge >= 0.3 is 12.4 Å². The standard InChI is InChI=1S/C20H20F4N4O.C5H4F3N3O/c1-3-4-5-7-28-8-6-12-9-14(15(21)10-13(12)19(28)29)18-26-11(2)16(17(25)27-18)20(22,23)24;6-5(7,8)3-2(9)1-10-11-4(3)12/h6,8-10H,3-5,7H2,1-2H3,(H2,25,26,27);1H,(H3,9,11,12). The lowest BCUT2D eigenvalue weighted by atomic mass is 10.1. The minimum Gasteiger partial charge on any atom is -0.397 e. The Kier molecular flexibility index (Phi) is 9.03. The Morgan fingerprint density at radius 2 is 1.63 bits per heavy atom. The average molecular weight is 588 g/mol. The third-order valence-electron chi connectivity index (χ3n) is 5.88. The molecule has 1 aromatic carbocycles. The van der Waals surface area contributed by atoms with Crippen molar-refractivity contribution in [2.75, 3.05) is 11.5 Å². The first-order chi connectivity index (χ1) is 19.1. The van der Waals surface area contributed by atoms with Crippen LogP contribution >= 0.6 is 0 Å². The largest absolute Gasteiger partial charge is 0.423 e. The van der Waals surface area contributed by atoms with Crippen LogP contribution in [0.3, 0.4) is 0 Å². The topological polar surface area (TPSA) is 146 Å². The van der Waals surface area contributed by atoms with Crippen LogP contribution in [0.5, 0.6) is 0 Å². The molecular formula is C25H24F7N7O2. The second-order valence-electron chi connectivity index (χ2n) is 8.86. The molecule has 0 aliphatic rings. The van der Waals surface area contributed by atoms with Gasteiger partial charge in [0.1, 0.15) is 22.8 Å². The van der Waals surface area contributed by atoms with E-state index in [0.29, 0.717) is 11.9 Å². The number of aromatic nitrogens is 5. The lowest BCUT2D eigenvalue weighted by Gasteiger charge is -2.14. The lowest BCUT2D eigenvalue weighted by molar-refractivity contribution is -0.138. The van der Waals surface area contributed by atoms with Crippen LogP contribution < -0.4 is 22.6 Å². The molecule has 0 radical (unpaired) electrons. The first-order valence-electron chi connectivity index (χ1n) is 12.0. The fourth-order valence-electron chi connectivity index (χ4n) is 3.96. The Hall–Kier alpha value is -4.50. The number of halogens is 7. The summed E-state index contributed by atoms with van der Waals surface area (Å²) in [5.74, 6) is -1.84. The number of hydrogen-bond donors (Lipinski definition) is 3. The van der Waals surface area contributed by atoms with Crippen LogP contribution in [-0.2, 0) is 18.9 Å². The molecule has 16 heteroatoms. The number of fused-ring (bicyclic) bond motifs is 1. The number of nitrogens with two attached hydrogens (primary N) is 2. The van der Waals surface area contributed by atoms with E-state index in [9.17, 15) is 40.3 Å². The van der Waals surface area contributed by atoms with Crippen LogP contribution in [0.4, 0.5) is 42.2 Å².